The van der Waals surface area contributed by atoms with Crippen molar-refractivity contribution in [1.29, 1.82) is 0 Å². The zero-order chi connectivity index (χ0) is 69.4. The standard InChI is InChI=1S/C56H87NO38/c1-56(2)25(57-48(80)47(56)79)8-16-4-6-17(7-5-16)82-49-34(73)27(66)41(19(10-59)84-49)91-51-36(75)29(68)43(21(12-61)86-51)93-53-38(77)31(70)45(23(14-63)88-53)95-55-39(78)32(71)46(24(15-64)89-55)94-54-37(76)30(69)44(22(13-62)87-54)92-52-35(74)28(67)42(20(11-60)85-52)90-50-33(72)26(65)40(81-3)18(9-58)83-50/h4-7,18-46,49-55,58-78H,8-15H2,1-3H3,(H,57,80). The SMILES string of the molecule is COC1C(CO)OC(OC2C(CO)OC(OC3C(CO)OC(OC4C(CO)OC(OC5C(CO)OC(OC6C(CO)OC(OC7C(CO)OC(Oc8ccc(CC9NC(=O)C(=O)C9(C)C)cc8)C(O)C7O)C(O)C6O)C(O)C5O)C(O)C4O)C(O)C3O)C(O)C2O)C(O)C1O. The zero-order valence-corrected chi connectivity index (χ0v) is 51.1. The van der Waals surface area contributed by atoms with Crippen LogP contribution < -0.4 is 10.1 Å². The normalized spacial score (nSPS) is 48.1. The minimum absolute atomic E-state index is 0.132. The number of Topliss-reactive ketones (excluding diaryl/α,β-unsaturated/α-hetero) is 1. The fourth-order valence-corrected chi connectivity index (χ4v) is 12.6. The van der Waals surface area contributed by atoms with E-state index in [2.05, 4.69) is 5.32 Å². The molecule has 9 rings (SSSR count). The molecule has 0 aromatic heterocycles. The first-order chi connectivity index (χ1) is 45.1. The van der Waals surface area contributed by atoms with Crippen molar-refractivity contribution in [2.45, 2.75) is 241 Å². The smallest absolute Gasteiger partial charge is 0.288 e. The summed E-state index contributed by atoms with van der Waals surface area (Å²) in [6.45, 7) is -3.46. The zero-order valence-electron chi connectivity index (χ0n) is 51.1. The summed E-state index contributed by atoms with van der Waals surface area (Å²) in [5.41, 5.74) is -0.246. The number of benzene rings is 1. The number of carbonyl (C=O) groups is 2. The number of rotatable bonds is 24. The van der Waals surface area contributed by atoms with Gasteiger partial charge in [0.1, 0.15) is 177 Å². The molecule has 0 aliphatic carbocycles. The number of carbonyl (C=O) groups excluding carboxylic acids is 2. The number of ether oxygens (including phenoxy) is 15. The molecular formula is C56H87NO38. The molecule has 0 spiro atoms. The van der Waals surface area contributed by atoms with Crippen LogP contribution in [0.25, 0.3) is 0 Å². The Hall–Kier alpha value is -3.24. The summed E-state index contributed by atoms with van der Waals surface area (Å²) >= 11 is 0. The number of hydrogen-bond donors (Lipinski definition) is 22. The number of aliphatic hydroxyl groups is 21. The number of hydrogen-bond acceptors (Lipinski definition) is 38. The van der Waals surface area contributed by atoms with E-state index in [9.17, 15) is 117 Å². The van der Waals surface area contributed by atoms with E-state index < -0.39 is 284 Å². The van der Waals surface area contributed by atoms with Crippen LogP contribution in [0.2, 0.25) is 0 Å². The van der Waals surface area contributed by atoms with E-state index in [1.807, 2.05) is 0 Å². The minimum Gasteiger partial charge on any atom is -0.462 e. The quantitative estimate of drug-likeness (QED) is 0.0427. The summed E-state index contributed by atoms with van der Waals surface area (Å²) in [6.07, 6.45) is -65.9. The molecule has 8 aliphatic heterocycles. The number of aliphatic hydroxyl groups excluding tert-OH is 21. The van der Waals surface area contributed by atoms with Gasteiger partial charge in [0.25, 0.3) is 5.91 Å². The molecule has 36 atom stereocenters. The van der Waals surface area contributed by atoms with E-state index >= 15 is 0 Å². The Morgan fingerprint density at radius 2 is 0.589 bits per heavy atom. The van der Waals surface area contributed by atoms with E-state index in [4.69, 9.17) is 71.1 Å². The topological polar surface area (TPSA) is 609 Å². The maximum Gasteiger partial charge on any atom is 0.288 e. The van der Waals surface area contributed by atoms with E-state index in [0.717, 1.165) is 0 Å². The van der Waals surface area contributed by atoms with Gasteiger partial charge in [0.15, 0.2) is 37.7 Å². The molecule has 1 aromatic rings. The van der Waals surface area contributed by atoms with Gasteiger partial charge in [-0.2, -0.15) is 0 Å². The van der Waals surface area contributed by atoms with Crippen molar-refractivity contribution in [1.82, 2.24) is 5.32 Å². The highest BCUT2D eigenvalue weighted by molar-refractivity contribution is 6.40. The van der Waals surface area contributed by atoms with E-state index in [-0.39, 0.29) is 5.75 Å². The van der Waals surface area contributed by atoms with Gasteiger partial charge >= 0.3 is 0 Å². The van der Waals surface area contributed by atoms with Crippen LogP contribution in [0.1, 0.15) is 19.4 Å². The summed E-state index contributed by atoms with van der Waals surface area (Å²) in [6, 6.07) is 5.78. The first kappa shape index (κ1) is 76.0. The van der Waals surface area contributed by atoms with E-state index in [0.29, 0.717) is 12.0 Å². The molecule has 0 saturated carbocycles. The molecule has 39 heteroatoms. The molecule has 1 aromatic carbocycles. The number of amides is 1. The molecule has 0 radical (unpaired) electrons. The molecule has 544 valence electrons. The molecule has 8 heterocycles. The van der Waals surface area contributed by atoms with E-state index in [1.165, 1.54) is 19.2 Å². The highest BCUT2D eigenvalue weighted by atomic mass is 16.8. The van der Waals surface area contributed by atoms with Crippen LogP contribution in [-0.4, -0.2) is 393 Å². The Morgan fingerprint density at radius 3 is 0.821 bits per heavy atom. The van der Waals surface area contributed by atoms with Crippen molar-refractivity contribution < 1.29 is 188 Å². The highest BCUT2D eigenvalue weighted by Gasteiger charge is 2.59. The summed E-state index contributed by atoms with van der Waals surface area (Å²) in [5.74, 6) is -1.10. The predicted octanol–water partition coefficient (Wildman–Crippen LogP) is -13.9. The average molecular weight is 1380 g/mol. The van der Waals surface area contributed by atoms with Gasteiger partial charge in [-0.05, 0) is 24.1 Å². The van der Waals surface area contributed by atoms with Crippen LogP contribution in [0.4, 0.5) is 0 Å². The van der Waals surface area contributed by atoms with Gasteiger partial charge in [0, 0.05) is 13.2 Å². The number of nitrogens with one attached hydrogen (secondary N) is 1. The van der Waals surface area contributed by atoms with Crippen LogP contribution in [0.5, 0.6) is 5.75 Å². The van der Waals surface area contributed by atoms with Crippen molar-refractivity contribution in [2.75, 3.05) is 53.4 Å². The van der Waals surface area contributed by atoms with Crippen LogP contribution >= 0.6 is 0 Å². The van der Waals surface area contributed by atoms with Gasteiger partial charge in [0.2, 0.25) is 12.1 Å². The van der Waals surface area contributed by atoms with Crippen LogP contribution in [0, 0.1) is 5.41 Å². The third-order valence-corrected chi connectivity index (χ3v) is 18.3. The Bertz CT molecular complexity index is 2590. The molecule has 8 aliphatic rings. The summed E-state index contributed by atoms with van der Waals surface area (Å²) in [5, 5.41) is 232. The molecule has 8 fully saturated rings. The van der Waals surface area contributed by atoms with Gasteiger partial charge in [0.05, 0.1) is 51.7 Å². The molecule has 1 amide bonds. The summed E-state index contributed by atoms with van der Waals surface area (Å²) in [7, 11) is 1.18. The van der Waals surface area contributed by atoms with Crippen LogP contribution in [0.15, 0.2) is 24.3 Å². The fraction of sp³-hybridized carbons (Fsp3) is 0.857. The third kappa shape index (κ3) is 15.5. The van der Waals surface area contributed by atoms with Crippen molar-refractivity contribution in [3.63, 3.8) is 0 Å². The fourth-order valence-electron chi connectivity index (χ4n) is 12.6. The lowest BCUT2D eigenvalue weighted by Gasteiger charge is -2.50. The highest BCUT2D eigenvalue weighted by Crippen LogP contribution is 2.39. The largest absolute Gasteiger partial charge is 0.462 e. The van der Waals surface area contributed by atoms with Gasteiger partial charge < -0.3 is 184 Å². The summed E-state index contributed by atoms with van der Waals surface area (Å²) < 4.78 is 84.9. The monoisotopic (exact) mass is 1380 g/mol. The van der Waals surface area contributed by atoms with Crippen molar-refractivity contribution in [2.24, 2.45) is 5.41 Å². The first-order valence-corrected chi connectivity index (χ1v) is 30.6. The second kappa shape index (κ2) is 32.2. The Balaban J connectivity index is 0.768. The second-order valence-electron chi connectivity index (χ2n) is 24.8. The van der Waals surface area contributed by atoms with Crippen molar-refractivity contribution in [3.8, 4) is 5.75 Å². The lowest BCUT2D eigenvalue weighted by atomic mass is 9.81. The second-order valence-corrected chi connectivity index (χ2v) is 24.8. The van der Waals surface area contributed by atoms with Crippen LogP contribution in [-0.2, 0) is 82.3 Å². The maximum absolute atomic E-state index is 12.3. The lowest BCUT2D eigenvalue weighted by molar-refractivity contribution is -0.397. The van der Waals surface area contributed by atoms with Gasteiger partial charge in [-0.1, -0.05) is 26.0 Å². The lowest BCUT2D eigenvalue weighted by Crippen LogP contribution is -2.68. The molecule has 0 bridgehead atoms. The van der Waals surface area contributed by atoms with Crippen LogP contribution in [0.3, 0.4) is 0 Å². The summed E-state index contributed by atoms with van der Waals surface area (Å²) in [4.78, 5) is 24.3. The number of methoxy groups -OCH3 is 1. The maximum atomic E-state index is 12.3. The molecule has 36 unspecified atom stereocenters. The third-order valence-electron chi connectivity index (χ3n) is 18.3. The molecule has 39 nitrogen and oxygen atoms in total. The molecule has 8 saturated heterocycles. The molecule has 95 heavy (non-hydrogen) atoms. The first-order valence-electron chi connectivity index (χ1n) is 30.6. The Kier molecular flexibility index (Phi) is 25.7. The van der Waals surface area contributed by atoms with Gasteiger partial charge in [-0.25, -0.2) is 0 Å². The Morgan fingerprint density at radius 1 is 0.358 bits per heavy atom. The van der Waals surface area contributed by atoms with Crippen molar-refractivity contribution >= 4 is 11.7 Å². The predicted molar refractivity (Wildman–Crippen MR) is 296 cm³/mol. The molecular weight excluding hydrogens is 1290 g/mol. The molecule has 22 N–H and O–H groups in total. The average Bonchev–Trinajstić information content (AvgIpc) is 1.36. The minimum atomic E-state index is -2.24. The van der Waals surface area contributed by atoms with Crippen molar-refractivity contribution in [3.05, 3.63) is 29.8 Å². The number of ketones is 1. The van der Waals surface area contributed by atoms with Gasteiger partial charge in [-0.15, -0.1) is 0 Å². The van der Waals surface area contributed by atoms with E-state index in [1.54, 1.807) is 26.0 Å². The Labute approximate surface area is 539 Å². The van der Waals surface area contributed by atoms with Gasteiger partial charge in [-0.3, -0.25) is 9.59 Å².